The van der Waals surface area contributed by atoms with Crippen LogP contribution in [0.4, 0.5) is 0 Å². The normalized spacial score (nSPS) is 11.2. The van der Waals surface area contributed by atoms with Crippen LogP contribution in [0.5, 0.6) is 0 Å². The molecule has 1 amide bonds. The molecule has 0 aliphatic carbocycles. The number of nitrogens with zero attached hydrogens (tertiary/aromatic N) is 2. The third kappa shape index (κ3) is 16.0. The van der Waals surface area contributed by atoms with Crippen molar-refractivity contribution in [3.63, 3.8) is 0 Å². The predicted octanol–water partition coefficient (Wildman–Crippen LogP) is 1.47. The number of carbonyl (C=O) groups excluding carboxylic acids is 1. The highest BCUT2D eigenvalue weighted by molar-refractivity contribution is 5.75. The van der Waals surface area contributed by atoms with Crippen LogP contribution in [-0.4, -0.2) is 56.6 Å². The highest BCUT2D eigenvalue weighted by Crippen LogP contribution is 2.12. The molecule has 0 unspecified atom stereocenters. The number of unbranched alkanes of at least 4 members (excludes halogenated alkanes) is 9. The Hall–Kier alpha value is -0.640. The van der Waals surface area contributed by atoms with Crippen molar-refractivity contribution in [2.75, 3.05) is 41.3 Å². The first kappa shape index (κ1) is 24.6. The van der Waals surface area contributed by atoms with E-state index in [1.807, 2.05) is 14.1 Å². The molecule has 0 fully saturated rings. The molecule has 3 nitrogen and oxygen atoms in total. The van der Waals surface area contributed by atoms with E-state index < -0.39 is 0 Å². The van der Waals surface area contributed by atoms with Crippen LogP contribution in [0.25, 0.3) is 0 Å². The number of halogens is 1. The first-order valence-electron chi connectivity index (χ1n) is 9.41. The molecule has 4 heteroatoms. The maximum Gasteiger partial charge on any atom is 0.227 e. The average Bonchev–Trinajstić information content (AvgIpc) is 2.46. The van der Waals surface area contributed by atoms with Crippen LogP contribution >= 0.6 is 0 Å². The van der Waals surface area contributed by atoms with Crippen LogP contribution in [0.2, 0.25) is 0 Å². The summed E-state index contributed by atoms with van der Waals surface area (Å²) >= 11 is 0. The second-order valence-corrected chi connectivity index (χ2v) is 7.60. The van der Waals surface area contributed by atoms with E-state index in [-0.39, 0.29) is 10.6 Å². The van der Waals surface area contributed by atoms with Crippen LogP contribution in [0.15, 0.2) is 0 Å². The fourth-order valence-corrected chi connectivity index (χ4v) is 2.76. The Morgan fingerprint density at radius 2 is 1.22 bits per heavy atom. The van der Waals surface area contributed by atoms with Gasteiger partial charge in [-0.05, 0) is 12.8 Å². The van der Waals surface area contributed by atoms with Gasteiger partial charge in [0.15, 0.2) is 0 Å². The molecular formula is C19H41FN2O. The molecule has 0 atom stereocenters. The molecule has 0 spiro atoms. The fraction of sp³-hybridized carbons (Fsp3) is 0.947. The monoisotopic (exact) mass is 332 g/mol. The first-order valence-corrected chi connectivity index (χ1v) is 9.41. The zero-order valence-corrected chi connectivity index (χ0v) is 16.4. The summed E-state index contributed by atoms with van der Waals surface area (Å²) in [4.78, 5) is 13.3. The molecule has 0 radical (unpaired) electrons. The number of hydrogen-bond acceptors (Lipinski definition) is 1. The summed E-state index contributed by atoms with van der Waals surface area (Å²) in [5.41, 5.74) is 0. The van der Waals surface area contributed by atoms with Gasteiger partial charge < -0.3 is 14.1 Å². The molecule has 0 aliphatic heterocycles. The van der Waals surface area contributed by atoms with Gasteiger partial charge in [0.05, 0.1) is 33.6 Å². The molecule has 0 aliphatic rings. The van der Waals surface area contributed by atoms with Gasteiger partial charge in [0.25, 0.3) is 0 Å². The van der Waals surface area contributed by atoms with Crippen molar-refractivity contribution < 1.29 is 14.0 Å². The standard InChI is InChI=1S/C19H41N2O.FH/c1-6-7-8-9-10-11-12-13-14-15-17-21(4,5)18-16-19(22)20(2)3;/h6-18H2,1-5H3;1H/q+1;/p-1. The van der Waals surface area contributed by atoms with Crippen molar-refractivity contribution in [3.8, 4) is 0 Å². The summed E-state index contributed by atoms with van der Waals surface area (Å²) in [6.07, 6.45) is 14.5. The van der Waals surface area contributed by atoms with E-state index in [4.69, 9.17) is 0 Å². The Labute approximate surface area is 144 Å². The third-order valence-electron chi connectivity index (χ3n) is 4.55. The molecule has 0 rings (SSSR count). The molecule has 0 saturated heterocycles. The van der Waals surface area contributed by atoms with Gasteiger partial charge in [-0.3, -0.25) is 4.79 Å². The average molecular weight is 333 g/mol. The molecule has 0 aromatic rings. The van der Waals surface area contributed by atoms with Gasteiger partial charge in [0, 0.05) is 14.1 Å². The summed E-state index contributed by atoms with van der Waals surface area (Å²) in [7, 11) is 8.17. The zero-order valence-electron chi connectivity index (χ0n) is 16.4. The van der Waals surface area contributed by atoms with Crippen molar-refractivity contribution in [3.05, 3.63) is 0 Å². The van der Waals surface area contributed by atoms with Crippen LogP contribution in [-0.2, 0) is 4.79 Å². The second-order valence-electron chi connectivity index (χ2n) is 7.60. The summed E-state index contributed by atoms with van der Waals surface area (Å²) in [6.45, 7) is 4.42. The van der Waals surface area contributed by atoms with Gasteiger partial charge in [-0.1, -0.05) is 58.3 Å². The molecule has 140 valence electrons. The number of hydrogen-bond donors (Lipinski definition) is 0. The van der Waals surface area contributed by atoms with Gasteiger partial charge in [-0.2, -0.15) is 0 Å². The van der Waals surface area contributed by atoms with Gasteiger partial charge in [-0.15, -0.1) is 0 Å². The second kappa shape index (κ2) is 14.9. The molecule has 0 saturated carbocycles. The van der Waals surface area contributed by atoms with Crippen molar-refractivity contribution in [2.24, 2.45) is 0 Å². The van der Waals surface area contributed by atoms with Crippen LogP contribution in [0.3, 0.4) is 0 Å². The number of rotatable bonds is 14. The maximum absolute atomic E-state index is 11.6. The van der Waals surface area contributed by atoms with E-state index in [1.54, 1.807) is 4.90 Å². The summed E-state index contributed by atoms with van der Waals surface area (Å²) in [6, 6.07) is 0. The van der Waals surface area contributed by atoms with E-state index in [1.165, 1.54) is 70.8 Å². The van der Waals surface area contributed by atoms with Crippen LogP contribution in [0.1, 0.15) is 77.6 Å². The number of amides is 1. The minimum Gasteiger partial charge on any atom is -1.00 e. The summed E-state index contributed by atoms with van der Waals surface area (Å²) in [5, 5.41) is 0. The fourth-order valence-electron chi connectivity index (χ4n) is 2.76. The SMILES string of the molecule is CCCCCCCCCCCC[N+](C)(C)CCC(=O)N(C)C.[F-]. The van der Waals surface area contributed by atoms with Crippen LogP contribution in [0, 0.1) is 0 Å². The quantitative estimate of drug-likeness (QED) is 0.348. The van der Waals surface area contributed by atoms with E-state index >= 15 is 0 Å². The smallest absolute Gasteiger partial charge is 0.227 e. The van der Waals surface area contributed by atoms with Crippen molar-refractivity contribution >= 4 is 5.91 Å². The van der Waals surface area contributed by atoms with Gasteiger partial charge in [-0.25, -0.2) is 0 Å². The van der Waals surface area contributed by atoms with E-state index in [0.29, 0.717) is 6.42 Å². The summed E-state index contributed by atoms with van der Waals surface area (Å²) in [5.74, 6) is 0.245. The minimum absolute atomic E-state index is 0. The lowest BCUT2D eigenvalue weighted by atomic mass is 10.1. The van der Waals surface area contributed by atoms with Crippen molar-refractivity contribution in [1.82, 2.24) is 4.90 Å². The first-order chi connectivity index (χ1) is 10.4. The van der Waals surface area contributed by atoms with Gasteiger partial charge in [0.1, 0.15) is 0 Å². The van der Waals surface area contributed by atoms with E-state index in [9.17, 15) is 4.79 Å². The zero-order chi connectivity index (χ0) is 16.8. The van der Waals surface area contributed by atoms with Gasteiger partial charge in [0.2, 0.25) is 5.91 Å². The molecule has 23 heavy (non-hydrogen) atoms. The molecular weight excluding hydrogens is 291 g/mol. The lowest BCUT2D eigenvalue weighted by Gasteiger charge is -2.30. The number of carbonyl (C=O) groups is 1. The third-order valence-corrected chi connectivity index (χ3v) is 4.55. The van der Waals surface area contributed by atoms with Crippen molar-refractivity contribution in [1.29, 1.82) is 0 Å². The lowest BCUT2D eigenvalue weighted by Crippen LogP contribution is -3.00. The Morgan fingerprint density at radius 1 is 0.783 bits per heavy atom. The lowest BCUT2D eigenvalue weighted by molar-refractivity contribution is -0.890. The summed E-state index contributed by atoms with van der Waals surface area (Å²) < 4.78 is 0.969. The molecule has 0 aromatic carbocycles. The molecule has 0 bridgehead atoms. The molecule has 0 heterocycles. The van der Waals surface area contributed by atoms with E-state index in [2.05, 4.69) is 21.0 Å². The van der Waals surface area contributed by atoms with Crippen LogP contribution < -0.4 is 4.70 Å². The molecule has 0 aromatic heterocycles. The largest absolute Gasteiger partial charge is 1.00 e. The van der Waals surface area contributed by atoms with Gasteiger partial charge >= 0.3 is 0 Å². The highest BCUT2D eigenvalue weighted by Gasteiger charge is 2.17. The van der Waals surface area contributed by atoms with Crippen molar-refractivity contribution in [2.45, 2.75) is 77.6 Å². The topological polar surface area (TPSA) is 20.3 Å². The minimum atomic E-state index is 0. The Balaban J connectivity index is 0. The number of quaternary nitrogens is 1. The Morgan fingerprint density at radius 3 is 1.65 bits per heavy atom. The molecule has 0 N–H and O–H groups in total. The predicted molar refractivity (Wildman–Crippen MR) is 97.0 cm³/mol. The maximum atomic E-state index is 11.6. The van der Waals surface area contributed by atoms with E-state index in [0.717, 1.165) is 11.0 Å². The highest BCUT2D eigenvalue weighted by atomic mass is 19.0. The Kier molecular flexibility index (Phi) is 16.0. The Bertz CT molecular complexity index is 281.